The Kier molecular flexibility index (Phi) is 5.43. The Bertz CT molecular complexity index is 813. The average Bonchev–Trinajstić information content (AvgIpc) is 3.28. The van der Waals surface area contributed by atoms with Gasteiger partial charge in [-0.3, -0.25) is 9.69 Å². The van der Waals surface area contributed by atoms with Gasteiger partial charge in [-0.05, 0) is 37.4 Å². The van der Waals surface area contributed by atoms with Gasteiger partial charge in [0.15, 0.2) is 5.69 Å². The second-order valence-corrected chi connectivity index (χ2v) is 7.54. The summed E-state index contributed by atoms with van der Waals surface area (Å²) in [6.07, 6.45) is 3.15. The van der Waals surface area contributed by atoms with E-state index in [0.717, 1.165) is 49.6 Å². The number of likely N-dealkylation sites (tertiary alicyclic amines) is 1. The molecule has 2 aromatic rings. The molecule has 2 aliphatic rings. The minimum Gasteiger partial charge on any atom is -0.384 e. The first-order chi connectivity index (χ1) is 13.2. The number of ether oxygens (including phenoxy) is 2. The van der Waals surface area contributed by atoms with Crippen molar-refractivity contribution in [3.63, 3.8) is 0 Å². The zero-order chi connectivity index (χ0) is 18.8. The second-order valence-electron chi connectivity index (χ2n) is 7.54. The van der Waals surface area contributed by atoms with Crippen LogP contribution >= 0.6 is 0 Å². The minimum absolute atomic E-state index is 0.0176. The number of imidazole rings is 1. The Morgan fingerprint density at radius 2 is 2.15 bits per heavy atom. The zero-order valence-electron chi connectivity index (χ0n) is 16.2. The summed E-state index contributed by atoms with van der Waals surface area (Å²) in [6, 6.07) is 4.06. The number of carbonyl (C=O) groups is 1. The quantitative estimate of drug-likeness (QED) is 0.798. The molecule has 0 saturated carbocycles. The Balaban J connectivity index is 1.65. The molecule has 1 amide bonds. The van der Waals surface area contributed by atoms with E-state index in [0.29, 0.717) is 37.9 Å². The van der Waals surface area contributed by atoms with Crippen LogP contribution in [0, 0.1) is 12.8 Å². The molecule has 2 fully saturated rings. The molecule has 0 N–H and O–H groups in total. The van der Waals surface area contributed by atoms with Crippen molar-refractivity contribution in [2.24, 2.45) is 5.92 Å². The monoisotopic (exact) mass is 372 g/mol. The molecule has 2 aromatic heterocycles. The maximum absolute atomic E-state index is 13.2. The number of aromatic nitrogens is 2. The highest BCUT2D eigenvalue weighted by Crippen LogP contribution is 2.23. The number of carbonyl (C=O) groups excluding carboxylic acids is 1. The first-order valence-corrected chi connectivity index (χ1v) is 9.72. The normalized spacial score (nSPS) is 21.3. The highest BCUT2D eigenvalue weighted by Gasteiger charge is 2.29. The third kappa shape index (κ3) is 3.72. The summed E-state index contributed by atoms with van der Waals surface area (Å²) >= 11 is 0. The molecule has 0 bridgehead atoms. The third-order valence-corrected chi connectivity index (χ3v) is 5.59. The molecule has 0 aliphatic carbocycles. The summed E-state index contributed by atoms with van der Waals surface area (Å²) in [5, 5.41) is 0. The number of morpholine rings is 1. The van der Waals surface area contributed by atoms with Gasteiger partial charge in [0.25, 0.3) is 5.91 Å². The molecule has 7 nitrogen and oxygen atoms in total. The van der Waals surface area contributed by atoms with Crippen LogP contribution in [0.1, 0.15) is 28.2 Å². The van der Waals surface area contributed by atoms with Gasteiger partial charge in [-0.1, -0.05) is 6.07 Å². The fourth-order valence-electron chi connectivity index (χ4n) is 4.13. The number of nitrogens with zero attached hydrogens (tertiary/aromatic N) is 4. The highest BCUT2D eigenvalue weighted by atomic mass is 16.5. The lowest BCUT2D eigenvalue weighted by molar-refractivity contribution is 0.0298. The summed E-state index contributed by atoms with van der Waals surface area (Å²) < 4.78 is 12.8. The molecule has 4 rings (SSSR count). The van der Waals surface area contributed by atoms with Crippen molar-refractivity contribution in [3.8, 4) is 0 Å². The number of methoxy groups -OCH3 is 1. The summed E-state index contributed by atoms with van der Waals surface area (Å²) in [4.78, 5) is 22.2. The van der Waals surface area contributed by atoms with E-state index >= 15 is 0 Å². The minimum atomic E-state index is 0.0176. The van der Waals surface area contributed by atoms with Crippen LogP contribution < -0.4 is 0 Å². The van der Waals surface area contributed by atoms with Gasteiger partial charge in [-0.2, -0.15) is 0 Å². The third-order valence-electron chi connectivity index (χ3n) is 5.59. The Morgan fingerprint density at radius 3 is 2.93 bits per heavy atom. The van der Waals surface area contributed by atoms with Crippen LogP contribution in [0.5, 0.6) is 0 Å². The van der Waals surface area contributed by atoms with Crippen LogP contribution in [0.3, 0.4) is 0 Å². The molecule has 146 valence electrons. The van der Waals surface area contributed by atoms with Gasteiger partial charge in [0.1, 0.15) is 5.65 Å². The Labute approximate surface area is 159 Å². The van der Waals surface area contributed by atoms with Crippen LogP contribution in [0.4, 0.5) is 0 Å². The van der Waals surface area contributed by atoms with E-state index in [1.165, 1.54) is 0 Å². The average molecular weight is 372 g/mol. The van der Waals surface area contributed by atoms with E-state index in [2.05, 4.69) is 9.30 Å². The van der Waals surface area contributed by atoms with Crippen molar-refractivity contribution in [1.29, 1.82) is 0 Å². The van der Waals surface area contributed by atoms with E-state index in [9.17, 15) is 4.79 Å². The zero-order valence-corrected chi connectivity index (χ0v) is 16.2. The van der Waals surface area contributed by atoms with Crippen molar-refractivity contribution in [3.05, 3.63) is 35.3 Å². The smallest absolute Gasteiger partial charge is 0.274 e. The molecule has 0 unspecified atom stereocenters. The van der Waals surface area contributed by atoms with Gasteiger partial charge < -0.3 is 18.8 Å². The molecule has 0 radical (unpaired) electrons. The first-order valence-electron chi connectivity index (χ1n) is 9.72. The van der Waals surface area contributed by atoms with Gasteiger partial charge in [-0.25, -0.2) is 4.98 Å². The van der Waals surface area contributed by atoms with Crippen LogP contribution in [-0.2, 0) is 16.0 Å². The van der Waals surface area contributed by atoms with Gasteiger partial charge >= 0.3 is 0 Å². The van der Waals surface area contributed by atoms with Crippen LogP contribution in [0.2, 0.25) is 0 Å². The molecular formula is C20H28N4O3. The Morgan fingerprint density at radius 1 is 1.33 bits per heavy atom. The molecule has 0 aromatic carbocycles. The van der Waals surface area contributed by atoms with Gasteiger partial charge in [0, 0.05) is 39.5 Å². The number of amides is 1. The maximum atomic E-state index is 13.2. The van der Waals surface area contributed by atoms with Crippen molar-refractivity contribution >= 4 is 11.6 Å². The topological polar surface area (TPSA) is 59.3 Å². The van der Waals surface area contributed by atoms with Crippen LogP contribution in [-0.4, -0.2) is 78.2 Å². The summed E-state index contributed by atoms with van der Waals surface area (Å²) in [5.74, 6) is 0.582. The number of rotatable bonds is 5. The van der Waals surface area contributed by atoms with Gasteiger partial charge in [0.05, 0.1) is 25.5 Å². The molecule has 2 aliphatic heterocycles. The van der Waals surface area contributed by atoms with E-state index in [4.69, 9.17) is 14.5 Å². The molecule has 2 saturated heterocycles. The Hall–Kier alpha value is -1.96. The number of hydrogen-bond acceptors (Lipinski definition) is 5. The molecule has 27 heavy (non-hydrogen) atoms. The van der Waals surface area contributed by atoms with Crippen molar-refractivity contribution in [2.45, 2.75) is 19.9 Å². The number of aryl methyl sites for hydroxylation is 1. The molecule has 4 heterocycles. The lowest BCUT2D eigenvalue weighted by Gasteiger charge is -2.26. The molecular weight excluding hydrogens is 344 g/mol. The summed E-state index contributed by atoms with van der Waals surface area (Å²) in [5.41, 5.74) is 3.53. The lowest BCUT2D eigenvalue weighted by atomic mass is 10.1. The first kappa shape index (κ1) is 18.4. The fourth-order valence-corrected chi connectivity index (χ4v) is 4.13. The van der Waals surface area contributed by atoms with Crippen molar-refractivity contribution in [2.75, 3.05) is 53.1 Å². The van der Waals surface area contributed by atoms with Crippen LogP contribution in [0.25, 0.3) is 5.65 Å². The van der Waals surface area contributed by atoms with Crippen molar-refractivity contribution in [1.82, 2.24) is 19.2 Å². The summed E-state index contributed by atoms with van der Waals surface area (Å²) in [7, 11) is 1.76. The molecule has 1 atom stereocenters. The van der Waals surface area contributed by atoms with Crippen molar-refractivity contribution < 1.29 is 14.3 Å². The maximum Gasteiger partial charge on any atom is 0.274 e. The highest BCUT2D eigenvalue weighted by molar-refractivity contribution is 5.94. The standard InChI is InChI=1S/C20H28N4O3/c1-15-4-3-6-24-17(13-22-7-5-16(12-22)14-26-2)18(21-19(15)24)20(25)23-8-10-27-11-9-23/h3-4,6,16H,5,7-14H2,1-2H3/t16-/m1/s1. The molecule has 7 heteroatoms. The summed E-state index contributed by atoms with van der Waals surface area (Å²) in [6.45, 7) is 8.04. The van der Waals surface area contributed by atoms with E-state index in [1.807, 2.05) is 30.2 Å². The number of fused-ring (bicyclic) bond motifs is 1. The number of pyridine rings is 1. The predicted octanol–water partition coefficient (Wildman–Crippen LogP) is 1.58. The van der Waals surface area contributed by atoms with E-state index in [-0.39, 0.29) is 5.91 Å². The van der Waals surface area contributed by atoms with E-state index < -0.39 is 0 Å². The SMILES string of the molecule is COC[C@@H]1CCN(Cc2c(C(=O)N3CCOCC3)nc3c(C)cccn23)C1. The predicted molar refractivity (Wildman–Crippen MR) is 102 cm³/mol. The van der Waals surface area contributed by atoms with Gasteiger partial charge in [0.2, 0.25) is 0 Å². The molecule has 0 spiro atoms. The van der Waals surface area contributed by atoms with E-state index in [1.54, 1.807) is 7.11 Å². The lowest BCUT2D eigenvalue weighted by Crippen LogP contribution is -2.41. The van der Waals surface area contributed by atoms with Crippen LogP contribution in [0.15, 0.2) is 18.3 Å². The number of hydrogen-bond donors (Lipinski definition) is 0. The largest absolute Gasteiger partial charge is 0.384 e. The second kappa shape index (κ2) is 7.96. The fraction of sp³-hybridized carbons (Fsp3) is 0.600. The van der Waals surface area contributed by atoms with Gasteiger partial charge in [-0.15, -0.1) is 0 Å².